The quantitative estimate of drug-likeness (QED) is 0.294. The third-order valence-corrected chi connectivity index (χ3v) is 7.87. The molecule has 1 aliphatic rings. The van der Waals surface area contributed by atoms with Crippen LogP contribution in [-0.4, -0.2) is 34.9 Å². The molecule has 0 aliphatic heterocycles. The Bertz CT molecular complexity index is 1440. The summed E-state index contributed by atoms with van der Waals surface area (Å²) in [6.07, 6.45) is 0.528. The fraction of sp³-hybridized carbons (Fsp3) is 0.382. The molecule has 1 saturated carbocycles. The summed E-state index contributed by atoms with van der Waals surface area (Å²) in [5.74, 6) is -3.90. The summed E-state index contributed by atoms with van der Waals surface area (Å²) in [4.78, 5) is 41.6. The lowest BCUT2D eigenvalue weighted by molar-refractivity contribution is -0.150. The van der Waals surface area contributed by atoms with Crippen LogP contribution in [0.4, 0.5) is 11.4 Å². The van der Waals surface area contributed by atoms with Crippen LogP contribution >= 0.6 is 0 Å². The van der Waals surface area contributed by atoms with Gasteiger partial charge in [0.25, 0.3) is 0 Å². The molecule has 2 amide bonds. The summed E-state index contributed by atoms with van der Waals surface area (Å²) >= 11 is 0. The van der Waals surface area contributed by atoms with Crippen molar-refractivity contribution in [3.05, 3.63) is 88.5 Å². The van der Waals surface area contributed by atoms with Gasteiger partial charge in [0.2, 0.25) is 11.8 Å². The minimum atomic E-state index is -1.68. The molecule has 0 bridgehead atoms. The molecule has 0 spiro atoms. The van der Waals surface area contributed by atoms with Gasteiger partial charge in [-0.25, -0.2) is 0 Å². The maximum absolute atomic E-state index is 14.0. The van der Waals surface area contributed by atoms with E-state index in [4.69, 9.17) is 4.74 Å². The number of ether oxygens (including phenoxy) is 1. The van der Waals surface area contributed by atoms with Crippen molar-refractivity contribution in [1.29, 1.82) is 0 Å². The van der Waals surface area contributed by atoms with E-state index < -0.39 is 41.0 Å². The van der Waals surface area contributed by atoms with Crippen molar-refractivity contribution in [3.63, 3.8) is 0 Å². The third kappa shape index (κ3) is 6.68. The summed E-state index contributed by atoms with van der Waals surface area (Å²) in [6, 6.07) is 18.6. The topological polar surface area (TPSA) is 105 Å². The van der Waals surface area contributed by atoms with E-state index in [1.54, 1.807) is 24.3 Å². The first-order valence-electron chi connectivity index (χ1n) is 14.2. The molecule has 4 atom stereocenters. The first-order valence-corrected chi connectivity index (χ1v) is 14.2. The number of rotatable bonds is 8. The number of aryl methyl sites for hydroxylation is 4. The van der Waals surface area contributed by atoms with E-state index in [0.717, 1.165) is 28.7 Å². The Balaban J connectivity index is 1.78. The van der Waals surface area contributed by atoms with Crippen LogP contribution in [0.1, 0.15) is 60.4 Å². The molecule has 3 N–H and O–H groups in total. The van der Waals surface area contributed by atoms with Crippen molar-refractivity contribution in [1.82, 2.24) is 0 Å². The fourth-order valence-corrected chi connectivity index (χ4v) is 5.66. The zero-order chi connectivity index (χ0) is 29.9. The van der Waals surface area contributed by atoms with Gasteiger partial charge in [-0.2, -0.15) is 0 Å². The summed E-state index contributed by atoms with van der Waals surface area (Å²) in [7, 11) is 0. The van der Waals surface area contributed by atoms with E-state index in [9.17, 15) is 19.5 Å². The first kappa shape index (κ1) is 30.0. The lowest BCUT2D eigenvalue weighted by Crippen LogP contribution is -2.56. The number of nitrogens with one attached hydrogen (secondary N) is 2. The van der Waals surface area contributed by atoms with Crippen molar-refractivity contribution < 1.29 is 24.2 Å². The number of Topliss-reactive ketones (excluding diaryl/α,β-unsaturated/α-hetero) is 1. The zero-order valence-corrected chi connectivity index (χ0v) is 24.7. The molecule has 1 aliphatic carbocycles. The van der Waals surface area contributed by atoms with Crippen molar-refractivity contribution in [2.24, 2.45) is 11.8 Å². The Labute approximate surface area is 242 Å². The van der Waals surface area contributed by atoms with Gasteiger partial charge in [0, 0.05) is 23.7 Å². The van der Waals surface area contributed by atoms with Crippen LogP contribution in [-0.2, 0) is 14.4 Å². The van der Waals surface area contributed by atoms with E-state index in [-0.39, 0.29) is 6.42 Å². The maximum Gasteiger partial charge on any atom is 0.235 e. The number of benzene rings is 3. The number of carbonyl (C=O) groups is 3. The van der Waals surface area contributed by atoms with Gasteiger partial charge in [-0.3, -0.25) is 14.4 Å². The minimum Gasteiger partial charge on any atom is -0.494 e. The average Bonchev–Trinajstić information content (AvgIpc) is 2.90. The fourth-order valence-electron chi connectivity index (χ4n) is 5.66. The van der Waals surface area contributed by atoms with Crippen LogP contribution in [0, 0.1) is 39.5 Å². The van der Waals surface area contributed by atoms with Gasteiger partial charge < -0.3 is 20.5 Å². The molecule has 7 heteroatoms. The highest BCUT2D eigenvalue weighted by molar-refractivity contribution is 6.10. The number of carbonyl (C=O) groups excluding carboxylic acids is 3. The number of anilines is 2. The molecule has 0 aromatic heterocycles. The largest absolute Gasteiger partial charge is 0.494 e. The van der Waals surface area contributed by atoms with Gasteiger partial charge in [-0.15, -0.1) is 0 Å². The molecule has 1 fully saturated rings. The highest BCUT2D eigenvalue weighted by atomic mass is 16.5. The molecule has 3 aromatic rings. The van der Waals surface area contributed by atoms with Gasteiger partial charge in [-0.1, -0.05) is 43.3 Å². The van der Waals surface area contributed by atoms with Crippen molar-refractivity contribution >= 4 is 29.0 Å². The smallest absolute Gasteiger partial charge is 0.235 e. The van der Waals surface area contributed by atoms with E-state index in [0.29, 0.717) is 29.3 Å². The molecule has 0 saturated heterocycles. The van der Waals surface area contributed by atoms with E-state index in [1.165, 1.54) is 6.92 Å². The van der Waals surface area contributed by atoms with Gasteiger partial charge in [-0.05, 0) is 93.1 Å². The highest BCUT2D eigenvalue weighted by Gasteiger charge is 2.56. The van der Waals surface area contributed by atoms with Crippen molar-refractivity contribution in [2.45, 2.75) is 65.9 Å². The Hall–Kier alpha value is -3.97. The Morgan fingerprint density at radius 3 is 1.95 bits per heavy atom. The average molecular weight is 557 g/mol. The van der Waals surface area contributed by atoms with Gasteiger partial charge in [0.15, 0.2) is 0 Å². The van der Waals surface area contributed by atoms with Crippen LogP contribution < -0.4 is 15.4 Å². The Kier molecular flexibility index (Phi) is 8.98. The van der Waals surface area contributed by atoms with Crippen molar-refractivity contribution in [2.75, 3.05) is 17.2 Å². The summed E-state index contributed by atoms with van der Waals surface area (Å²) in [5.41, 5.74) is 3.82. The molecule has 216 valence electrons. The number of hydrogen-bond acceptors (Lipinski definition) is 5. The second-order valence-electron chi connectivity index (χ2n) is 11.5. The molecular weight excluding hydrogens is 516 g/mol. The predicted molar refractivity (Wildman–Crippen MR) is 161 cm³/mol. The predicted octanol–water partition coefficient (Wildman–Crippen LogP) is 6.03. The molecule has 3 aromatic carbocycles. The van der Waals surface area contributed by atoms with Crippen LogP contribution in [0.5, 0.6) is 5.75 Å². The van der Waals surface area contributed by atoms with E-state index >= 15 is 0 Å². The molecule has 4 unspecified atom stereocenters. The molecule has 41 heavy (non-hydrogen) atoms. The maximum atomic E-state index is 14.0. The number of aliphatic hydroxyl groups is 1. The van der Waals surface area contributed by atoms with Gasteiger partial charge >= 0.3 is 0 Å². The number of hydrogen-bond donors (Lipinski definition) is 3. The lowest BCUT2D eigenvalue weighted by Gasteiger charge is -2.44. The summed E-state index contributed by atoms with van der Waals surface area (Å²) in [5, 5.41) is 17.5. The third-order valence-electron chi connectivity index (χ3n) is 7.87. The normalized spacial score (nSPS) is 22.2. The first-order chi connectivity index (χ1) is 19.4. The summed E-state index contributed by atoms with van der Waals surface area (Å²) < 4.78 is 5.74. The second kappa shape index (κ2) is 12.3. The monoisotopic (exact) mass is 556 g/mol. The molecule has 0 heterocycles. The number of ketones is 1. The summed E-state index contributed by atoms with van der Waals surface area (Å²) in [6.45, 7) is 11.7. The zero-order valence-electron chi connectivity index (χ0n) is 24.7. The van der Waals surface area contributed by atoms with Crippen LogP contribution in [0.3, 0.4) is 0 Å². The Morgan fingerprint density at radius 2 is 1.41 bits per heavy atom. The molecular formula is C34H40N2O5. The SMILES string of the molecule is CCCOc1ccc(C2C(C(=O)Nc3cc(C)ccc3C)C(=O)CC(C)(O)C2C(=O)Nc2cc(C)ccc2C)cc1. The molecule has 7 nitrogen and oxygen atoms in total. The van der Waals surface area contributed by atoms with E-state index in [2.05, 4.69) is 10.6 Å². The van der Waals surface area contributed by atoms with Crippen LogP contribution in [0.15, 0.2) is 60.7 Å². The Morgan fingerprint density at radius 1 is 0.878 bits per heavy atom. The van der Waals surface area contributed by atoms with Crippen molar-refractivity contribution in [3.8, 4) is 5.75 Å². The minimum absolute atomic E-state index is 0.322. The molecule has 4 rings (SSSR count). The van der Waals surface area contributed by atoms with Gasteiger partial charge in [0.05, 0.1) is 18.1 Å². The lowest BCUT2D eigenvalue weighted by atomic mass is 9.61. The molecule has 0 radical (unpaired) electrons. The van der Waals surface area contributed by atoms with Gasteiger partial charge in [0.1, 0.15) is 17.5 Å². The van der Waals surface area contributed by atoms with E-state index in [1.807, 2.05) is 71.0 Å². The van der Waals surface area contributed by atoms with Crippen LogP contribution in [0.25, 0.3) is 0 Å². The second-order valence-corrected chi connectivity index (χ2v) is 11.5. The standard InChI is InChI=1S/C34H40N2O5/c1-7-16-41-25-14-12-24(13-15-25)29-30(32(38)35-26-17-20(2)8-10-22(26)4)28(37)19-34(6,40)31(29)33(39)36-27-18-21(3)9-11-23(27)5/h8-15,17-18,29-31,40H,7,16,19H2,1-6H3,(H,35,38)(H,36,39). The number of amides is 2. The highest BCUT2D eigenvalue weighted by Crippen LogP contribution is 2.47. The van der Waals surface area contributed by atoms with Crippen LogP contribution in [0.2, 0.25) is 0 Å².